The number of rotatable bonds is 11. The van der Waals surface area contributed by atoms with Crippen molar-refractivity contribution < 1.29 is 4.79 Å². The first-order valence-electron chi connectivity index (χ1n) is 7.03. The van der Waals surface area contributed by atoms with Gasteiger partial charge in [-0.3, -0.25) is 9.69 Å². The van der Waals surface area contributed by atoms with Crippen molar-refractivity contribution in [2.75, 3.05) is 39.3 Å². The number of likely N-dealkylation sites (N-methyl/N-ethyl adjacent to an activating group) is 1. The molecule has 1 amide bonds. The quantitative estimate of drug-likeness (QED) is 0.557. The third-order valence-electron chi connectivity index (χ3n) is 3.45. The summed E-state index contributed by atoms with van der Waals surface area (Å²) >= 11 is 0. The summed E-state index contributed by atoms with van der Waals surface area (Å²) in [6, 6.07) is 0.0872. The largest absolute Gasteiger partial charge is 0.370 e. The van der Waals surface area contributed by atoms with Crippen LogP contribution in [0, 0.1) is 0 Å². The lowest BCUT2D eigenvalue weighted by Crippen LogP contribution is -2.44. The summed E-state index contributed by atoms with van der Waals surface area (Å²) in [4.78, 5) is 15.7. The van der Waals surface area contributed by atoms with Crippen molar-refractivity contribution in [1.82, 2.24) is 9.80 Å². The number of carbonyl (C=O) groups is 1. The fourth-order valence-corrected chi connectivity index (χ4v) is 2.23. The van der Waals surface area contributed by atoms with Gasteiger partial charge in [-0.2, -0.15) is 0 Å². The van der Waals surface area contributed by atoms with Crippen LogP contribution in [-0.4, -0.2) is 61.0 Å². The summed E-state index contributed by atoms with van der Waals surface area (Å²) in [6.07, 6.45) is 1.46. The lowest BCUT2D eigenvalue weighted by Gasteiger charge is -2.30. The predicted octanol–water partition coefficient (Wildman–Crippen LogP) is 0.243. The van der Waals surface area contributed by atoms with Crippen molar-refractivity contribution in [1.29, 1.82) is 0 Å². The minimum absolute atomic E-state index is 0.0872. The maximum Gasteiger partial charge on any atom is 0.219 e. The van der Waals surface area contributed by atoms with Crippen LogP contribution in [0.4, 0.5) is 0 Å². The van der Waals surface area contributed by atoms with Crippen LogP contribution in [0.25, 0.3) is 0 Å². The molecule has 18 heavy (non-hydrogen) atoms. The summed E-state index contributed by atoms with van der Waals surface area (Å²) in [5, 5.41) is 0. The van der Waals surface area contributed by atoms with Gasteiger partial charge in [0.15, 0.2) is 0 Å². The van der Waals surface area contributed by atoms with E-state index in [1.807, 2.05) is 0 Å². The van der Waals surface area contributed by atoms with Gasteiger partial charge in [0.05, 0.1) is 0 Å². The van der Waals surface area contributed by atoms with E-state index in [0.29, 0.717) is 13.0 Å². The molecule has 0 fully saturated rings. The zero-order chi connectivity index (χ0) is 14.0. The summed E-state index contributed by atoms with van der Waals surface area (Å²) < 4.78 is 0. The van der Waals surface area contributed by atoms with Crippen molar-refractivity contribution in [2.24, 2.45) is 11.5 Å². The van der Waals surface area contributed by atoms with E-state index >= 15 is 0 Å². The van der Waals surface area contributed by atoms with E-state index in [1.54, 1.807) is 0 Å². The van der Waals surface area contributed by atoms with E-state index in [1.165, 1.54) is 0 Å². The van der Waals surface area contributed by atoms with Gasteiger partial charge in [-0.05, 0) is 39.1 Å². The molecular formula is C13H30N4O. The van der Waals surface area contributed by atoms with E-state index < -0.39 is 0 Å². The van der Waals surface area contributed by atoms with Crippen LogP contribution >= 0.6 is 0 Å². The predicted molar refractivity (Wildman–Crippen MR) is 76.3 cm³/mol. The fourth-order valence-electron chi connectivity index (χ4n) is 2.23. The Hall–Kier alpha value is -0.650. The van der Waals surface area contributed by atoms with Crippen LogP contribution in [0.5, 0.6) is 0 Å². The van der Waals surface area contributed by atoms with Crippen LogP contribution < -0.4 is 11.5 Å². The van der Waals surface area contributed by atoms with Gasteiger partial charge >= 0.3 is 0 Å². The number of amides is 1. The molecule has 0 aliphatic rings. The molecule has 0 radical (unpaired) electrons. The van der Waals surface area contributed by atoms with Crippen LogP contribution in [0.3, 0.4) is 0 Å². The average Bonchev–Trinajstić information content (AvgIpc) is 2.36. The first kappa shape index (κ1) is 17.4. The number of carbonyl (C=O) groups excluding carboxylic acids is 1. The van der Waals surface area contributed by atoms with Crippen LogP contribution in [0.1, 0.15) is 33.6 Å². The molecule has 0 aliphatic heterocycles. The van der Waals surface area contributed by atoms with Gasteiger partial charge in [-0.1, -0.05) is 20.8 Å². The molecule has 5 nitrogen and oxygen atoms in total. The zero-order valence-corrected chi connectivity index (χ0v) is 12.2. The molecule has 0 heterocycles. The SMILES string of the molecule is CCN(CC)CCCN(CC)C(CN)CC(N)=O. The molecule has 108 valence electrons. The highest BCUT2D eigenvalue weighted by molar-refractivity contribution is 5.74. The van der Waals surface area contributed by atoms with E-state index in [-0.39, 0.29) is 11.9 Å². The van der Waals surface area contributed by atoms with Crippen molar-refractivity contribution >= 4 is 5.91 Å². The second-order valence-electron chi connectivity index (χ2n) is 4.57. The molecule has 0 aromatic heterocycles. The molecule has 0 aromatic carbocycles. The van der Waals surface area contributed by atoms with E-state index in [2.05, 4.69) is 30.6 Å². The third-order valence-corrected chi connectivity index (χ3v) is 3.45. The van der Waals surface area contributed by atoms with Crippen molar-refractivity contribution in [3.05, 3.63) is 0 Å². The molecule has 0 spiro atoms. The monoisotopic (exact) mass is 258 g/mol. The first-order chi connectivity index (χ1) is 8.58. The van der Waals surface area contributed by atoms with Gasteiger partial charge in [-0.25, -0.2) is 0 Å². The first-order valence-corrected chi connectivity index (χ1v) is 7.03. The van der Waals surface area contributed by atoms with Crippen LogP contribution in [0.15, 0.2) is 0 Å². The van der Waals surface area contributed by atoms with Crippen molar-refractivity contribution in [3.8, 4) is 0 Å². The van der Waals surface area contributed by atoms with Gasteiger partial charge in [-0.15, -0.1) is 0 Å². The van der Waals surface area contributed by atoms with E-state index in [0.717, 1.165) is 39.1 Å². The normalized spacial score (nSPS) is 13.2. The smallest absolute Gasteiger partial charge is 0.219 e. The van der Waals surface area contributed by atoms with E-state index in [9.17, 15) is 4.79 Å². The lowest BCUT2D eigenvalue weighted by atomic mass is 10.1. The summed E-state index contributed by atoms with van der Waals surface area (Å²) in [6.45, 7) is 12.1. The maximum absolute atomic E-state index is 11.0. The third kappa shape index (κ3) is 6.93. The fraction of sp³-hybridized carbons (Fsp3) is 0.923. The second kappa shape index (κ2) is 10.3. The number of nitrogens with two attached hydrogens (primary N) is 2. The summed E-state index contributed by atoms with van der Waals surface area (Å²) in [5.41, 5.74) is 11.0. The Balaban J connectivity index is 4.11. The van der Waals surface area contributed by atoms with Crippen molar-refractivity contribution in [2.45, 2.75) is 39.7 Å². The van der Waals surface area contributed by atoms with Gasteiger partial charge in [0.2, 0.25) is 5.91 Å². The second-order valence-corrected chi connectivity index (χ2v) is 4.57. The molecule has 1 atom stereocenters. The molecule has 0 rings (SSSR count). The number of hydrogen-bond donors (Lipinski definition) is 2. The van der Waals surface area contributed by atoms with Gasteiger partial charge in [0, 0.05) is 19.0 Å². The zero-order valence-electron chi connectivity index (χ0n) is 12.2. The Morgan fingerprint density at radius 3 is 2.11 bits per heavy atom. The van der Waals surface area contributed by atoms with Crippen molar-refractivity contribution in [3.63, 3.8) is 0 Å². The molecule has 4 N–H and O–H groups in total. The number of primary amides is 1. The van der Waals surface area contributed by atoms with Gasteiger partial charge in [0.25, 0.3) is 0 Å². The molecule has 1 unspecified atom stereocenters. The molecule has 5 heteroatoms. The average molecular weight is 258 g/mol. The standard InChI is InChI=1S/C13H30N4O/c1-4-16(5-2)8-7-9-17(6-3)12(11-14)10-13(15)18/h12H,4-11,14H2,1-3H3,(H2,15,18). The topological polar surface area (TPSA) is 75.6 Å². The molecular weight excluding hydrogens is 228 g/mol. The number of hydrogen-bond acceptors (Lipinski definition) is 4. The maximum atomic E-state index is 11.0. The Morgan fingerprint density at radius 2 is 1.72 bits per heavy atom. The highest BCUT2D eigenvalue weighted by atomic mass is 16.1. The molecule has 0 saturated heterocycles. The van der Waals surface area contributed by atoms with Gasteiger partial charge < -0.3 is 16.4 Å². The lowest BCUT2D eigenvalue weighted by molar-refractivity contribution is -0.119. The summed E-state index contributed by atoms with van der Waals surface area (Å²) in [5.74, 6) is -0.271. The van der Waals surface area contributed by atoms with Crippen LogP contribution in [0.2, 0.25) is 0 Å². The molecule has 0 saturated carbocycles. The summed E-state index contributed by atoms with van der Waals surface area (Å²) in [7, 11) is 0. The Bertz CT molecular complexity index is 219. The van der Waals surface area contributed by atoms with Gasteiger partial charge in [0.1, 0.15) is 0 Å². The Kier molecular flexibility index (Phi) is 9.92. The minimum Gasteiger partial charge on any atom is -0.370 e. The Morgan fingerprint density at radius 1 is 1.11 bits per heavy atom. The minimum atomic E-state index is -0.271. The Labute approximate surface area is 111 Å². The molecule has 0 bridgehead atoms. The highest BCUT2D eigenvalue weighted by Crippen LogP contribution is 2.04. The number of nitrogens with zero attached hydrogens (tertiary/aromatic N) is 2. The molecule has 0 aromatic rings. The molecule has 0 aliphatic carbocycles. The van der Waals surface area contributed by atoms with Crippen LogP contribution in [-0.2, 0) is 4.79 Å². The van der Waals surface area contributed by atoms with E-state index in [4.69, 9.17) is 11.5 Å². The highest BCUT2D eigenvalue weighted by Gasteiger charge is 2.17.